The van der Waals surface area contributed by atoms with Crippen molar-refractivity contribution < 1.29 is 19.3 Å². The van der Waals surface area contributed by atoms with Gasteiger partial charge in [0.05, 0.1) is 4.92 Å². The summed E-state index contributed by atoms with van der Waals surface area (Å²) in [5, 5.41) is 16.4. The Bertz CT molecular complexity index is 1040. The summed E-state index contributed by atoms with van der Waals surface area (Å²) in [5.41, 5.74) is -0.509. The van der Waals surface area contributed by atoms with Crippen LogP contribution in [-0.4, -0.2) is 34.2 Å². The zero-order valence-electron chi connectivity index (χ0n) is 15.6. The first-order valence-corrected chi connectivity index (χ1v) is 8.95. The van der Waals surface area contributed by atoms with E-state index in [0.29, 0.717) is 16.1 Å². The molecule has 4 amide bonds. The van der Waals surface area contributed by atoms with Crippen LogP contribution in [0.1, 0.15) is 18.1 Å². The van der Waals surface area contributed by atoms with Crippen molar-refractivity contribution >= 4 is 40.8 Å². The molecule has 9 nitrogen and oxygen atoms in total. The Morgan fingerprint density at radius 1 is 1.28 bits per heavy atom. The Morgan fingerprint density at radius 3 is 2.62 bits per heavy atom. The monoisotopic (exact) mass is 416 g/mol. The van der Waals surface area contributed by atoms with Crippen molar-refractivity contribution in [3.05, 3.63) is 68.7 Å². The summed E-state index contributed by atoms with van der Waals surface area (Å²) in [6, 6.07) is 10.1. The number of carbonyl (C=O) groups excluding carboxylic acids is 3. The number of hydrogen-bond acceptors (Lipinski definition) is 5. The molecule has 0 aromatic heterocycles. The number of nitrogens with one attached hydrogen (secondary N) is 2. The van der Waals surface area contributed by atoms with Crippen molar-refractivity contribution in [2.75, 3.05) is 11.9 Å². The van der Waals surface area contributed by atoms with Crippen LogP contribution in [0.3, 0.4) is 0 Å². The maximum absolute atomic E-state index is 12.9. The normalized spacial score (nSPS) is 18.5. The number of rotatable bonds is 5. The summed E-state index contributed by atoms with van der Waals surface area (Å²) in [4.78, 5) is 48.8. The van der Waals surface area contributed by atoms with E-state index >= 15 is 0 Å². The molecule has 1 unspecified atom stereocenters. The van der Waals surface area contributed by atoms with Gasteiger partial charge in [-0.2, -0.15) is 0 Å². The number of halogens is 1. The summed E-state index contributed by atoms with van der Waals surface area (Å²) in [5.74, 6) is -1.30. The lowest BCUT2D eigenvalue weighted by Crippen LogP contribution is -2.42. The van der Waals surface area contributed by atoms with Crippen LogP contribution in [-0.2, 0) is 15.1 Å². The fourth-order valence-corrected chi connectivity index (χ4v) is 3.44. The largest absolute Gasteiger partial charge is 0.325 e. The van der Waals surface area contributed by atoms with E-state index in [1.54, 1.807) is 31.2 Å². The Morgan fingerprint density at radius 2 is 1.97 bits per heavy atom. The minimum absolute atomic E-state index is 0.149. The summed E-state index contributed by atoms with van der Waals surface area (Å²) >= 11 is 6.16. The second-order valence-corrected chi connectivity index (χ2v) is 7.14. The topological polar surface area (TPSA) is 122 Å². The van der Waals surface area contributed by atoms with Crippen LogP contribution in [0.2, 0.25) is 5.02 Å². The van der Waals surface area contributed by atoms with Gasteiger partial charge in [-0.25, -0.2) is 4.79 Å². The number of nitro groups is 1. The van der Waals surface area contributed by atoms with Gasteiger partial charge in [0.15, 0.2) is 0 Å². The highest BCUT2D eigenvalue weighted by Gasteiger charge is 2.50. The molecule has 0 aliphatic carbocycles. The van der Waals surface area contributed by atoms with E-state index in [1.807, 2.05) is 0 Å². The van der Waals surface area contributed by atoms with Gasteiger partial charge in [0.1, 0.15) is 12.1 Å². The third-order valence-corrected chi connectivity index (χ3v) is 5.01. The van der Waals surface area contributed by atoms with Gasteiger partial charge in [-0.05, 0) is 26.0 Å². The van der Waals surface area contributed by atoms with Crippen LogP contribution in [0.15, 0.2) is 42.5 Å². The van der Waals surface area contributed by atoms with Gasteiger partial charge in [-0.3, -0.25) is 24.6 Å². The van der Waals surface area contributed by atoms with Crippen LogP contribution < -0.4 is 10.6 Å². The van der Waals surface area contributed by atoms with Gasteiger partial charge < -0.3 is 10.6 Å². The number of hydrogen-bond donors (Lipinski definition) is 2. The number of imide groups is 1. The van der Waals surface area contributed by atoms with Gasteiger partial charge in [-0.1, -0.05) is 35.9 Å². The Kier molecular flexibility index (Phi) is 5.25. The van der Waals surface area contributed by atoms with E-state index in [-0.39, 0.29) is 11.4 Å². The van der Waals surface area contributed by atoms with Crippen LogP contribution in [0, 0.1) is 17.0 Å². The van der Waals surface area contributed by atoms with Crippen molar-refractivity contribution in [3.63, 3.8) is 0 Å². The molecule has 0 saturated carbocycles. The zero-order chi connectivity index (χ0) is 21.3. The van der Waals surface area contributed by atoms with Gasteiger partial charge in [0.25, 0.3) is 11.6 Å². The molecule has 2 aromatic carbocycles. The fraction of sp³-hybridized carbons (Fsp3) is 0.211. The smallest absolute Gasteiger partial charge is 0.324 e. The molecular formula is C19H17ClN4O5. The average molecular weight is 417 g/mol. The Labute approximate surface area is 170 Å². The third-order valence-electron chi connectivity index (χ3n) is 4.68. The lowest BCUT2D eigenvalue weighted by atomic mass is 9.92. The summed E-state index contributed by atoms with van der Waals surface area (Å²) in [6.45, 7) is 2.54. The lowest BCUT2D eigenvalue weighted by Gasteiger charge is -2.23. The Balaban J connectivity index is 1.77. The lowest BCUT2D eigenvalue weighted by molar-refractivity contribution is -0.385. The first-order valence-electron chi connectivity index (χ1n) is 8.57. The number of nitrogens with zero attached hydrogens (tertiary/aromatic N) is 2. The predicted molar refractivity (Wildman–Crippen MR) is 106 cm³/mol. The van der Waals surface area contributed by atoms with Crippen LogP contribution in [0.5, 0.6) is 0 Å². The maximum atomic E-state index is 12.9. The molecule has 1 heterocycles. The van der Waals surface area contributed by atoms with E-state index < -0.39 is 34.9 Å². The standard InChI is InChI=1S/C19H17ClN4O5/c1-11-7-8-12(9-15(11)24(28)29)21-16(25)10-23-17(26)19(2,22-18(23)27)13-5-3-4-6-14(13)20/h3-9H,10H2,1-2H3,(H,21,25)(H,22,27). The third kappa shape index (κ3) is 3.77. The molecule has 29 heavy (non-hydrogen) atoms. The number of benzene rings is 2. The molecular weight excluding hydrogens is 400 g/mol. The van der Waals surface area contributed by atoms with Crippen molar-refractivity contribution in [2.24, 2.45) is 0 Å². The quantitative estimate of drug-likeness (QED) is 0.441. The number of anilines is 1. The number of aryl methyl sites for hydroxylation is 1. The summed E-state index contributed by atoms with van der Waals surface area (Å²) < 4.78 is 0. The van der Waals surface area contributed by atoms with Crippen LogP contribution >= 0.6 is 11.6 Å². The molecule has 2 aromatic rings. The highest BCUT2D eigenvalue weighted by molar-refractivity contribution is 6.32. The van der Waals surface area contributed by atoms with Crippen molar-refractivity contribution in [1.82, 2.24) is 10.2 Å². The molecule has 1 saturated heterocycles. The molecule has 0 spiro atoms. The van der Waals surface area contributed by atoms with E-state index in [0.717, 1.165) is 4.90 Å². The second-order valence-electron chi connectivity index (χ2n) is 6.73. The molecule has 0 radical (unpaired) electrons. The number of carbonyl (C=O) groups is 3. The molecule has 1 fully saturated rings. The minimum Gasteiger partial charge on any atom is -0.324 e. The molecule has 0 bridgehead atoms. The van der Waals surface area contributed by atoms with Crippen LogP contribution in [0.25, 0.3) is 0 Å². The average Bonchev–Trinajstić information content (AvgIpc) is 2.87. The van der Waals surface area contributed by atoms with Gasteiger partial charge in [0, 0.05) is 27.9 Å². The second kappa shape index (κ2) is 7.51. The molecule has 1 aliphatic heterocycles. The van der Waals surface area contributed by atoms with Gasteiger partial charge >= 0.3 is 6.03 Å². The number of nitro benzene ring substituents is 1. The summed E-state index contributed by atoms with van der Waals surface area (Å²) in [6.07, 6.45) is 0. The summed E-state index contributed by atoms with van der Waals surface area (Å²) in [7, 11) is 0. The minimum atomic E-state index is -1.40. The highest BCUT2D eigenvalue weighted by atomic mass is 35.5. The molecule has 3 rings (SSSR count). The van der Waals surface area contributed by atoms with Gasteiger partial charge in [0.2, 0.25) is 5.91 Å². The fourth-order valence-electron chi connectivity index (χ4n) is 3.12. The van der Waals surface area contributed by atoms with E-state index in [2.05, 4.69) is 10.6 Å². The molecule has 2 N–H and O–H groups in total. The van der Waals surface area contributed by atoms with Crippen molar-refractivity contribution in [3.8, 4) is 0 Å². The SMILES string of the molecule is Cc1ccc(NC(=O)CN2C(=O)NC(C)(c3ccccc3Cl)C2=O)cc1[N+](=O)[O-]. The number of amides is 4. The van der Waals surface area contributed by atoms with E-state index in [4.69, 9.17) is 11.6 Å². The van der Waals surface area contributed by atoms with Crippen molar-refractivity contribution in [1.29, 1.82) is 0 Å². The van der Waals surface area contributed by atoms with Gasteiger partial charge in [-0.15, -0.1) is 0 Å². The molecule has 150 valence electrons. The zero-order valence-corrected chi connectivity index (χ0v) is 16.3. The van der Waals surface area contributed by atoms with E-state index in [1.165, 1.54) is 25.1 Å². The molecule has 10 heteroatoms. The highest BCUT2D eigenvalue weighted by Crippen LogP contribution is 2.33. The predicted octanol–water partition coefficient (Wildman–Crippen LogP) is 2.96. The number of urea groups is 1. The molecule has 1 atom stereocenters. The van der Waals surface area contributed by atoms with E-state index in [9.17, 15) is 24.5 Å². The maximum Gasteiger partial charge on any atom is 0.325 e. The molecule has 1 aliphatic rings. The van der Waals surface area contributed by atoms with Crippen molar-refractivity contribution in [2.45, 2.75) is 19.4 Å². The first-order chi connectivity index (χ1) is 13.6. The Hall–Kier alpha value is -3.46. The van der Waals surface area contributed by atoms with Crippen LogP contribution in [0.4, 0.5) is 16.2 Å². The first kappa shape index (κ1) is 20.3.